The average Bonchev–Trinajstić information content (AvgIpc) is 3.27. The fourth-order valence-electron chi connectivity index (χ4n) is 2.99. The zero-order chi connectivity index (χ0) is 17.6. The van der Waals surface area contributed by atoms with Gasteiger partial charge in [-0.25, -0.2) is 8.76 Å². The number of hydrogen-bond donors (Lipinski definition) is 1. The lowest BCUT2D eigenvalue weighted by Crippen LogP contribution is -2.12. The number of hydrogen-bond acceptors (Lipinski definition) is 4. The number of amides is 1. The number of fused-ring (bicyclic) bond motifs is 1. The molecule has 1 N–H and O–H groups in total. The van der Waals surface area contributed by atoms with Crippen molar-refractivity contribution in [3.05, 3.63) is 58.6 Å². The van der Waals surface area contributed by atoms with Crippen LogP contribution in [0.2, 0.25) is 0 Å². The highest BCUT2D eigenvalue weighted by Gasteiger charge is 2.25. The maximum absolute atomic E-state index is 14.5. The summed E-state index contributed by atoms with van der Waals surface area (Å²) in [7, 11) is 1.28. The van der Waals surface area contributed by atoms with Gasteiger partial charge in [-0.3, -0.25) is 4.79 Å². The summed E-state index contributed by atoms with van der Waals surface area (Å²) in [6.45, 7) is 0.402. The average molecular weight is 358 g/mol. The Balaban J connectivity index is 1.95. The molecule has 2 heterocycles. The van der Waals surface area contributed by atoms with Crippen LogP contribution in [0.15, 0.2) is 35.8 Å². The zero-order valence-corrected chi connectivity index (χ0v) is 13.9. The van der Waals surface area contributed by atoms with Gasteiger partial charge in [0.05, 0.1) is 7.11 Å². The van der Waals surface area contributed by atoms with Gasteiger partial charge in [0.2, 0.25) is 5.82 Å². The number of halogens is 2. The molecule has 0 unspecified atom stereocenters. The van der Waals surface area contributed by atoms with Crippen molar-refractivity contribution in [2.75, 3.05) is 7.11 Å². The molecule has 0 saturated heterocycles. The Morgan fingerprint density at radius 3 is 2.64 bits per heavy atom. The molecule has 4 nitrogen and oxygen atoms in total. The first-order chi connectivity index (χ1) is 12.1. The first kappa shape index (κ1) is 15.7. The molecule has 3 aromatic rings. The van der Waals surface area contributed by atoms with Crippen molar-refractivity contribution in [1.29, 1.82) is 0 Å². The lowest BCUT2D eigenvalue weighted by molar-refractivity contribution is 0.0966. The van der Waals surface area contributed by atoms with Crippen molar-refractivity contribution >= 4 is 17.4 Å². The third-order valence-electron chi connectivity index (χ3n) is 4.24. The van der Waals surface area contributed by atoms with Crippen LogP contribution in [0, 0.1) is 11.6 Å². The molecule has 0 spiro atoms. The van der Waals surface area contributed by atoms with Crippen molar-refractivity contribution in [3.63, 3.8) is 0 Å². The number of carbonyl (C=O) groups is 1. The molecule has 0 atom stereocenters. The normalized spacial score (nSPS) is 12.8. The smallest absolute Gasteiger partial charge is 0.251 e. The number of ether oxygens (including phenoxy) is 1. The molecule has 4 rings (SSSR count). The predicted octanol–water partition coefficient (Wildman–Crippen LogP) is 4.01. The Hall–Kier alpha value is -2.80. The molecule has 126 valence electrons. The molecule has 1 amide bonds. The van der Waals surface area contributed by atoms with E-state index >= 15 is 0 Å². The first-order valence-electron chi connectivity index (χ1n) is 7.47. The van der Waals surface area contributed by atoms with E-state index in [0.717, 1.165) is 16.7 Å². The molecular weight excluding hydrogens is 346 g/mol. The van der Waals surface area contributed by atoms with Gasteiger partial charge in [0.1, 0.15) is 0 Å². The Labute approximate surface area is 146 Å². The van der Waals surface area contributed by atoms with E-state index in [1.165, 1.54) is 30.8 Å². The highest BCUT2D eigenvalue weighted by Crippen LogP contribution is 2.37. The lowest BCUT2D eigenvalue weighted by Gasteiger charge is -2.12. The van der Waals surface area contributed by atoms with Gasteiger partial charge in [-0.15, -0.1) is 0 Å². The summed E-state index contributed by atoms with van der Waals surface area (Å²) in [5.41, 5.74) is 3.43. The number of rotatable bonds is 3. The molecule has 1 aromatic heterocycles. The van der Waals surface area contributed by atoms with Crippen molar-refractivity contribution in [1.82, 2.24) is 9.69 Å². The molecule has 0 radical (unpaired) electrons. The summed E-state index contributed by atoms with van der Waals surface area (Å²) in [4.78, 5) is 12.1. The summed E-state index contributed by atoms with van der Waals surface area (Å²) in [5.74, 6) is -2.45. The van der Waals surface area contributed by atoms with E-state index in [0.29, 0.717) is 17.7 Å². The van der Waals surface area contributed by atoms with Crippen LogP contribution in [0.1, 0.15) is 15.9 Å². The van der Waals surface area contributed by atoms with Gasteiger partial charge in [-0.05, 0) is 52.5 Å². The van der Waals surface area contributed by atoms with Crippen LogP contribution in [0.3, 0.4) is 0 Å². The molecular formula is C18H12F2N2O2S. The van der Waals surface area contributed by atoms with Crippen molar-refractivity contribution in [2.45, 2.75) is 6.54 Å². The summed E-state index contributed by atoms with van der Waals surface area (Å²) >= 11 is 1.29. The highest BCUT2D eigenvalue weighted by atomic mass is 32.1. The summed E-state index contributed by atoms with van der Waals surface area (Å²) in [5, 5.41) is 4.62. The van der Waals surface area contributed by atoms with Gasteiger partial charge in [-0.1, -0.05) is 0 Å². The predicted molar refractivity (Wildman–Crippen MR) is 90.6 cm³/mol. The van der Waals surface area contributed by atoms with E-state index in [-0.39, 0.29) is 17.2 Å². The second kappa shape index (κ2) is 5.93. The second-order valence-corrected chi connectivity index (χ2v) is 6.25. The Bertz CT molecular complexity index is 987. The molecule has 1 aliphatic rings. The molecule has 0 saturated carbocycles. The van der Waals surface area contributed by atoms with E-state index in [4.69, 9.17) is 4.74 Å². The Kier molecular flexibility index (Phi) is 3.73. The van der Waals surface area contributed by atoms with E-state index < -0.39 is 11.6 Å². The summed E-state index contributed by atoms with van der Waals surface area (Å²) < 4.78 is 37.5. The molecule has 7 heteroatoms. The van der Waals surface area contributed by atoms with Gasteiger partial charge in [0, 0.05) is 34.8 Å². The van der Waals surface area contributed by atoms with E-state index in [1.54, 1.807) is 18.3 Å². The van der Waals surface area contributed by atoms with Crippen LogP contribution < -0.4 is 10.1 Å². The van der Waals surface area contributed by atoms with Crippen molar-refractivity contribution < 1.29 is 18.3 Å². The SMILES string of the molecule is COc1ccc(-c2cc3c(c(-c4cnsc4)c2)CNC3=O)c(F)c1F. The lowest BCUT2D eigenvalue weighted by atomic mass is 9.93. The van der Waals surface area contributed by atoms with E-state index in [2.05, 4.69) is 9.69 Å². The first-order valence-corrected chi connectivity index (χ1v) is 8.31. The van der Waals surface area contributed by atoms with Crippen LogP contribution in [0.4, 0.5) is 8.78 Å². The number of nitrogens with one attached hydrogen (secondary N) is 1. The summed E-state index contributed by atoms with van der Waals surface area (Å²) in [6.07, 6.45) is 1.69. The van der Waals surface area contributed by atoms with Crippen LogP contribution in [-0.2, 0) is 6.54 Å². The molecule has 0 bridgehead atoms. The minimum atomic E-state index is -1.05. The molecule has 2 aromatic carbocycles. The minimum absolute atomic E-state index is 0.0743. The molecule has 0 aliphatic carbocycles. The number of methoxy groups -OCH3 is 1. The Morgan fingerprint density at radius 1 is 1.12 bits per heavy atom. The second-order valence-electron chi connectivity index (χ2n) is 5.59. The number of carbonyl (C=O) groups excluding carboxylic acids is 1. The van der Waals surface area contributed by atoms with Gasteiger partial charge >= 0.3 is 0 Å². The third kappa shape index (κ3) is 2.47. The van der Waals surface area contributed by atoms with E-state index in [1.807, 2.05) is 5.38 Å². The number of aromatic nitrogens is 1. The molecule has 1 aliphatic heterocycles. The van der Waals surface area contributed by atoms with Crippen molar-refractivity contribution in [2.24, 2.45) is 0 Å². The van der Waals surface area contributed by atoms with Crippen LogP contribution in [0.25, 0.3) is 22.3 Å². The third-order valence-corrected chi connectivity index (χ3v) is 4.83. The molecule has 25 heavy (non-hydrogen) atoms. The maximum atomic E-state index is 14.5. The van der Waals surface area contributed by atoms with Gasteiger partial charge < -0.3 is 10.1 Å². The van der Waals surface area contributed by atoms with Gasteiger partial charge in [0.15, 0.2) is 11.6 Å². The van der Waals surface area contributed by atoms with E-state index in [9.17, 15) is 13.6 Å². The molecule has 0 fully saturated rings. The topological polar surface area (TPSA) is 51.2 Å². The zero-order valence-electron chi connectivity index (χ0n) is 13.1. The minimum Gasteiger partial charge on any atom is -0.494 e. The Morgan fingerprint density at radius 2 is 1.92 bits per heavy atom. The standard InChI is InChI=1S/C18H12F2N2O2S/c1-24-15-3-2-11(16(19)17(15)20)9-4-12(10-6-22-25-8-10)14-7-21-18(23)13(14)5-9/h2-6,8H,7H2,1H3,(H,21,23). The van der Waals surface area contributed by atoms with Gasteiger partial charge in [-0.2, -0.15) is 4.39 Å². The quantitative estimate of drug-likeness (QED) is 0.770. The van der Waals surface area contributed by atoms with Crippen LogP contribution >= 0.6 is 11.5 Å². The van der Waals surface area contributed by atoms with Gasteiger partial charge in [0.25, 0.3) is 5.91 Å². The summed E-state index contributed by atoms with van der Waals surface area (Å²) in [6, 6.07) is 6.16. The monoisotopic (exact) mass is 358 g/mol. The van der Waals surface area contributed by atoms with Crippen LogP contribution in [0.5, 0.6) is 5.75 Å². The number of benzene rings is 2. The van der Waals surface area contributed by atoms with Crippen molar-refractivity contribution in [3.8, 4) is 28.0 Å². The van der Waals surface area contributed by atoms with Crippen LogP contribution in [-0.4, -0.2) is 17.4 Å². The maximum Gasteiger partial charge on any atom is 0.251 e. The largest absolute Gasteiger partial charge is 0.494 e. The fraction of sp³-hybridized carbons (Fsp3) is 0.111. The highest BCUT2D eigenvalue weighted by molar-refractivity contribution is 7.03. The number of nitrogens with zero attached hydrogens (tertiary/aromatic N) is 1. The fourth-order valence-corrected chi connectivity index (χ4v) is 3.53.